The molecule has 0 saturated carbocycles. The van der Waals surface area contributed by atoms with Crippen molar-refractivity contribution in [2.24, 2.45) is 0 Å². The lowest BCUT2D eigenvalue weighted by atomic mass is 10.2. The number of benzene rings is 1. The van der Waals surface area contributed by atoms with Gasteiger partial charge in [-0.3, -0.25) is 4.79 Å². The van der Waals surface area contributed by atoms with Crippen LogP contribution in [0.5, 0.6) is 0 Å². The van der Waals surface area contributed by atoms with Crippen molar-refractivity contribution >= 4 is 35.0 Å². The van der Waals surface area contributed by atoms with E-state index in [4.69, 9.17) is 11.6 Å². The highest BCUT2D eigenvalue weighted by Crippen LogP contribution is 2.18. The SMILES string of the molecule is CS[C@H](C(=O)Nc1ccccc1)[C@H](C)Cl. The second-order valence-corrected chi connectivity index (χ2v) is 4.86. The standard InChI is InChI=1S/C11H14ClNOS/c1-8(12)10(15-2)11(14)13-9-6-4-3-5-7-9/h3-8,10H,1-2H3,(H,13,14)/t8-,10-/m0/s1. The van der Waals surface area contributed by atoms with Gasteiger partial charge in [0.05, 0.1) is 10.6 Å². The molecule has 0 heterocycles. The molecule has 1 aromatic carbocycles. The number of amides is 1. The molecule has 4 heteroatoms. The first kappa shape index (κ1) is 12.4. The number of para-hydroxylation sites is 1. The van der Waals surface area contributed by atoms with Crippen LogP contribution in [0.3, 0.4) is 0 Å². The molecular weight excluding hydrogens is 230 g/mol. The Bertz CT molecular complexity index is 316. The average molecular weight is 244 g/mol. The van der Waals surface area contributed by atoms with Crippen LogP contribution in [-0.4, -0.2) is 22.8 Å². The molecule has 0 saturated heterocycles. The fourth-order valence-corrected chi connectivity index (χ4v) is 2.31. The monoisotopic (exact) mass is 243 g/mol. The maximum Gasteiger partial charge on any atom is 0.238 e. The lowest BCUT2D eigenvalue weighted by molar-refractivity contribution is -0.115. The van der Waals surface area contributed by atoms with Crippen LogP contribution in [0.1, 0.15) is 6.92 Å². The lowest BCUT2D eigenvalue weighted by Crippen LogP contribution is -2.31. The van der Waals surface area contributed by atoms with Gasteiger partial charge in [0, 0.05) is 5.69 Å². The third-order valence-electron chi connectivity index (χ3n) is 1.97. The van der Waals surface area contributed by atoms with Gasteiger partial charge in [0.2, 0.25) is 5.91 Å². The molecule has 82 valence electrons. The Hall–Kier alpha value is -0.670. The van der Waals surface area contributed by atoms with Crippen LogP contribution in [0.4, 0.5) is 5.69 Å². The minimum atomic E-state index is -0.216. The quantitative estimate of drug-likeness (QED) is 0.824. The number of anilines is 1. The fraction of sp³-hybridized carbons (Fsp3) is 0.364. The predicted octanol–water partition coefficient (Wildman–Crippen LogP) is 2.98. The summed E-state index contributed by atoms with van der Waals surface area (Å²) in [5.41, 5.74) is 0.805. The van der Waals surface area contributed by atoms with Crippen LogP contribution in [0.2, 0.25) is 0 Å². The molecule has 1 rings (SSSR count). The van der Waals surface area contributed by atoms with Gasteiger partial charge in [0.25, 0.3) is 0 Å². The zero-order valence-corrected chi connectivity index (χ0v) is 10.3. The zero-order valence-electron chi connectivity index (χ0n) is 8.74. The fourth-order valence-electron chi connectivity index (χ4n) is 1.24. The lowest BCUT2D eigenvalue weighted by Gasteiger charge is -2.16. The molecular formula is C11H14ClNOS. The summed E-state index contributed by atoms with van der Waals surface area (Å²) in [5.74, 6) is -0.0452. The van der Waals surface area contributed by atoms with Gasteiger partial charge in [-0.15, -0.1) is 11.6 Å². The number of nitrogens with one attached hydrogen (secondary N) is 1. The van der Waals surface area contributed by atoms with Gasteiger partial charge in [0.15, 0.2) is 0 Å². The van der Waals surface area contributed by atoms with E-state index in [1.54, 1.807) is 0 Å². The van der Waals surface area contributed by atoms with E-state index in [-0.39, 0.29) is 16.5 Å². The van der Waals surface area contributed by atoms with Gasteiger partial charge >= 0.3 is 0 Å². The maximum absolute atomic E-state index is 11.8. The summed E-state index contributed by atoms with van der Waals surface area (Å²) in [6, 6.07) is 9.38. The largest absolute Gasteiger partial charge is 0.325 e. The van der Waals surface area contributed by atoms with E-state index in [9.17, 15) is 4.79 Å². The molecule has 1 aromatic rings. The van der Waals surface area contributed by atoms with Gasteiger partial charge in [-0.05, 0) is 25.3 Å². The van der Waals surface area contributed by atoms with Crippen LogP contribution in [0, 0.1) is 0 Å². The number of alkyl halides is 1. The van der Waals surface area contributed by atoms with E-state index >= 15 is 0 Å². The first-order valence-corrected chi connectivity index (χ1v) is 6.40. The highest BCUT2D eigenvalue weighted by Gasteiger charge is 2.22. The molecule has 0 bridgehead atoms. The molecule has 0 aliphatic heterocycles. The summed E-state index contributed by atoms with van der Waals surface area (Å²) in [6.07, 6.45) is 1.88. The molecule has 1 N–H and O–H groups in total. The summed E-state index contributed by atoms with van der Waals surface area (Å²) in [5, 5.41) is 2.44. The van der Waals surface area contributed by atoms with Crippen molar-refractivity contribution in [3.05, 3.63) is 30.3 Å². The minimum absolute atomic E-state index is 0.0452. The number of hydrogen-bond donors (Lipinski definition) is 1. The van der Waals surface area contributed by atoms with E-state index in [2.05, 4.69) is 5.32 Å². The maximum atomic E-state index is 11.8. The Balaban J connectivity index is 2.62. The summed E-state index contributed by atoms with van der Waals surface area (Å²) >= 11 is 7.38. The normalized spacial score (nSPS) is 14.3. The molecule has 0 unspecified atom stereocenters. The number of carbonyl (C=O) groups excluding carboxylic acids is 1. The molecule has 0 aromatic heterocycles. The van der Waals surface area contributed by atoms with Crippen molar-refractivity contribution in [3.63, 3.8) is 0 Å². The molecule has 15 heavy (non-hydrogen) atoms. The molecule has 0 radical (unpaired) electrons. The Labute approximate surface area is 99.4 Å². The topological polar surface area (TPSA) is 29.1 Å². The van der Waals surface area contributed by atoms with Crippen molar-refractivity contribution < 1.29 is 4.79 Å². The second kappa shape index (κ2) is 6.03. The number of carbonyl (C=O) groups is 1. The Morgan fingerprint density at radius 3 is 2.47 bits per heavy atom. The van der Waals surface area contributed by atoms with Crippen molar-refractivity contribution in [2.75, 3.05) is 11.6 Å². The van der Waals surface area contributed by atoms with Crippen molar-refractivity contribution in [3.8, 4) is 0 Å². The van der Waals surface area contributed by atoms with E-state index < -0.39 is 0 Å². The molecule has 0 fully saturated rings. The number of thioether (sulfide) groups is 1. The van der Waals surface area contributed by atoms with Crippen LogP contribution >= 0.6 is 23.4 Å². The van der Waals surface area contributed by atoms with Crippen molar-refractivity contribution in [1.29, 1.82) is 0 Å². The summed E-state index contributed by atoms with van der Waals surface area (Å²) in [7, 11) is 0. The van der Waals surface area contributed by atoms with Gasteiger partial charge in [-0.25, -0.2) is 0 Å². The zero-order chi connectivity index (χ0) is 11.3. The second-order valence-electron chi connectivity index (χ2n) is 3.19. The molecule has 1 amide bonds. The number of halogens is 1. The van der Waals surface area contributed by atoms with E-state index in [0.717, 1.165) is 5.69 Å². The van der Waals surface area contributed by atoms with Crippen LogP contribution in [0.25, 0.3) is 0 Å². The van der Waals surface area contributed by atoms with E-state index in [1.807, 2.05) is 43.5 Å². The first-order valence-electron chi connectivity index (χ1n) is 4.68. The highest BCUT2D eigenvalue weighted by atomic mass is 35.5. The summed E-state index contributed by atoms with van der Waals surface area (Å²) in [4.78, 5) is 11.8. The van der Waals surface area contributed by atoms with E-state index in [1.165, 1.54) is 11.8 Å². The predicted molar refractivity (Wildman–Crippen MR) is 67.7 cm³/mol. The minimum Gasteiger partial charge on any atom is -0.325 e. The molecule has 2 nitrogen and oxygen atoms in total. The first-order chi connectivity index (χ1) is 7.15. The Morgan fingerprint density at radius 1 is 1.40 bits per heavy atom. The Morgan fingerprint density at radius 2 is 2.00 bits per heavy atom. The summed E-state index contributed by atoms with van der Waals surface area (Å²) < 4.78 is 0. The van der Waals surface area contributed by atoms with Crippen LogP contribution < -0.4 is 5.32 Å². The summed E-state index contributed by atoms with van der Waals surface area (Å²) in [6.45, 7) is 1.83. The molecule has 2 atom stereocenters. The van der Waals surface area contributed by atoms with Gasteiger partial charge in [0.1, 0.15) is 0 Å². The number of hydrogen-bond acceptors (Lipinski definition) is 2. The van der Waals surface area contributed by atoms with Gasteiger partial charge < -0.3 is 5.32 Å². The van der Waals surface area contributed by atoms with Gasteiger partial charge in [-0.1, -0.05) is 18.2 Å². The van der Waals surface area contributed by atoms with Crippen LogP contribution in [0.15, 0.2) is 30.3 Å². The average Bonchev–Trinajstić information content (AvgIpc) is 2.19. The third kappa shape index (κ3) is 3.76. The van der Waals surface area contributed by atoms with Crippen molar-refractivity contribution in [1.82, 2.24) is 0 Å². The van der Waals surface area contributed by atoms with Crippen LogP contribution in [-0.2, 0) is 4.79 Å². The van der Waals surface area contributed by atoms with Gasteiger partial charge in [-0.2, -0.15) is 11.8 Å². The van der Waals surface area contributed by atoms with E-state index in [0.29, 0.717) is 0 Å². The highest BCUT2D eigenvalue weighted by molar-refractivity contribution is 8.00. The molecule has 0 aliphatic carbocycles. The Kier molecular flexibility index (Phi) is 4.99. The third-order valence-corrected chi connectivity index (χ3v) is 3.50. The van der Waals surface area contributed by atoms with Crippen molar-refractivity contribution in [2.45, 2.75) is 17.6 Å². The number of rotatable bonds is 4. The smallest absolute Gasteiger partial charge is 0.238 e. The molecule has 0 aliphatic rings. The molecule has 0 spiro atoms.